The molecule has 2 rings (SSSR count). The molecule has 102 valence electrons. The Hall–Kier alpha value is -0.970. The highest BCUT2D eigenvalue weighted by Crippen LogP contribution is 2.32. The highest BCUT2D eigenvalue weighted by molar-refractivity contribution is 5.85. The molecule has 1 aliphatic rings. The van der Waals surface area contributed by atoms with Crippen LogP contribution in [0.5, 0.6) is 11.5 Å². The van der Waals surface area contributed by atoms with E-state index >= 15 is 0 Å². The summed E-state index contributed by atoms with van der Waals surface area (Å²) in [4.78, 5) is 0. The Labute approximate surface area is 114 Å². The normalized spacial score (nSPS) is 12.3. The minimum atomic E-state index is 0. The molecule has 0 unspecified atom stereocenters. The monoisotopic (exact) mass is 273 g/mol. The number of hydrogen-bond donors (Lipinski definition) is 1. The zero-order chi connectivity index (χ0) is 11.9. The second-order valence-corrected chi connectivity index (χ2v) is 3.91. The molecule has 0 atom stereocenters. The lowest BCUT2D eigenvalue weighted by Crippen LogP contribution is -2.16. The van der Waals surface area contributed by atoms with Crippen LogP contribution < -0.4 is 14.8 Å². The number of fused-ring (bicyclic) bond motifs is 1. The molecule has 0 radical (unpaired) electrons. The average Bonchev–Trinajstić information content (AvgIpc) is 2.81. The van der Waals surface area contributed by atoms with Gasteiger partial charge in [-0.3, -0.25) is 0 Å². The van der Waals surface area contributed by atoms with Crippen LogP contribution in [0, 0.1) is 0 Å². The van der Waals surface area contributed by atoms with E-state index in [0.29, 0.717) is 6.79 Å². The first-order valence-electron chi connectivity index (χ1n) is 6.07. The second kappa shape index (κ2) is 8.19. The Bertz CT molecular complexity index is 360. The zero-order valence-electron chi connectivity index (χ0n) is 10.6. The summed E-state index contributed by atoms with van der Waals surface area (Å²) in [6, 6.07) is 6.04. The smallest absolute Gasteiger partial charge is 0.231 e. The maximum Gasteiger partial charge on any atom is 0.231 e. The second-order valence-electron chi connectivity index (χ2n) is 3.91. The van der Waals surface area contributed by atoms with E-state index < -0.39 is 0 Å². The third kappa shape index (κ3) is 4.37. The molecule has 1 N–H and O–H groups in total. The van der Waals surface area contributed by atoms with Gasteiger partial charge in [0.25, 0.3) is 0 Å². The van der Waals surface area contributed by atoms with E-state index in [4.69, 9.17) is 14.2 Å². The fraction of sp³-hybridized carbons (Fsp3) is 0.538. The van der Waals surface area contributed by atoms with Crippen molar-refractivity contribution in [3.05, 3.63) is 23.8 Å². The van der Waals surface area contributed by atoms with Crippen molar-refractivity contribution in [1.29, 1.82) is 0 Å². The van der Waals surface area contributed by atoms with Crippen LogP contribution in [-0.4, -0.2) is 26.6 Å². The molecule has 0 bridgehead atoms. The largest absolute Gasteiger partial charge is 0.454 e. The first-order valence-corrected chi connectivity index (χ1v) is 6.07. The van der Waals surface area contributed by atoms with Crippen LogP contribution in [-0.2, 0) is 11.3 Å². The molecule has 0 aromatic heterocycles. The molecular weight excluding hydrogens is 254 g/mol. The Morgan fingerprint density at radius 1 is 1.28 bits per heavy atom. The van der Waals surface area contributed by atoms with Gasteiger partial charge in [0, 0.05) is 19.8 Å². The first kappa shape index (κ1) is 15.1. The van der Waals surface area contributed by atoms with Gasteiger partial charge in [0.1, 0.15) is 0 Å². The van der Waals surface area contributed by atoms with Crippen molar-refractivity contribution < 1.29 is 14.2 Å². The Morgan fingerprint density at radius 2 is 2.11 bits per heavy atom. The van der Waals surface area contributed by atoms with E-state index in [0.717, 1.165) is 44.2 Å². The van der Waals surface area contributed by atoms with E-state index in [2.05, 4.69) is 11.4 Å². The van der Waals surface area contributed by atoms with E-state index in [1.54, 1.807) is 0 Å². The Kier molecular flexibility index (Phi) is 6.86. The molecular formula is C13H20ClNO3. The van der Waals surface area contributed by atoms with Crippen LogP contribution in [0.1, 0.15) is 18.9 Å². The van der Waals surface area contributed by atoms with Gasteiger partial charge < -0.3 is 19.5 Å². The van der Waals surface area contributed by atoms with E-state index in [1.165, 1.54) is 5.56 Å². The molecule has 5 heteroatoms. The first-order chi connectivity index (χ1) is 8.40. The number of ether oxygens (including phenoxy) is 3. The lowest BCUT2D eigenvalue weighted by molar-refractivity contribution is 0.144. The Balaban J connectivity index is 0.00000162. The highest BCUT2D eigenvalue weighted by Gasteiger charge is 2.12. The molecule has 1 aromatic rings. The highest BCUT2D eigenvalue weighted by atomic mass is 35.5. The number of halogens is 1. The fourth-order valence-electron chi connectivity index (χ4n) is 1.73. The summed E-state index contributed by atoms with van der Waals surface area (Å²) in [6.07, 6.45) is 1.04. The molecule has 1 aromatic carbocycles. The van der Waals surface area contributed by atoms with Gasteiger partial charge in [-0.05, 0) is 37.6 Å². The van der Waals surface area contributed by atoms with Crippen LogP contribution in [0.25, 0.3) is 0 Å². The van der Waals surface area contributed by atoms with Gasteiger partial charge in [-0.15, -0.1) is 12.4 Å². The summed E-state index contributed by atoms with van der Waals surface area (Å²) < 4.78 is 15.9. The van der Waals surface area contributed by atoms with Crippen LogP contribution in [0.4, 0.5) is 0 Å². The lowest BCUT2D eigenvalue weighted by Gasteiger charge is -2.06. The van der Waals surface area contributed by atoms with Crippen molar-refractivity contribution in [3.63, 3.8) is 0 Å². The van der Waals surface area contributed by atoms with Crippen molar-refractivity contribution in [3.8, 4) is 11.5 Å². The summed E-state index contributed by atoms with van der Waals surface area (Å²) in [7, 11) is 0. The standard InChI is InChI=1S/C13H19NO3.ClH/c1-2-15-7-3-6-14-9-11-4-5-12-13(8-11)17-10-16-12;/h4-5,8,14H,2-3,6-7,9-10H2,1H3;1H. The minimum absolute atomic E-state index is 0. The molecule has 1 aliphatic heterocycles. The number of benzene rings is 1. The fourth-order valence-corrected chi connectivity index (χ4v) is 1.73. The van der Waals surface area contributed by atoms with Gasteiger partial charge in [-0.2, -0.15) is 0 Å². The van der Waals surface area contributed by atoms with Gasteiger partial charge in [0.15, 0.2) is 11.5 Å². The number of hydrogen-bond acceptors (Lipinski definition) is 4. The maximum absolute atomic E-state index is 5.33. The predicted molar refractivity (Wildman–Crippen MR) is 72.6 cm³/mol. The van der Waals surface area contributed by atoms with Crippen LogP contribution in [0.15, 0.2) is 18.2 Å². The van der Waals surface area contributed by atoms with Crippen LogP contribution in [0.3, 0.4) is 0 Å². The van der Waals surface area contributed by atoms with E-state index in [9.17, 15) is 0 Å². The SMILES string of the molecule is CCOCCCNCc1ccc2c(c1)OCO2.Cl. The summed E-state index contributed by atoms with van der Waals surface area (Å²) in [5.41, 5.74) is 1.21. The summed E-state index contributed by atoms with van der Waals surface area (Å²) in [5.74, 6) is 1.68. The summed E-state index contributed by atoms with van der Waals surface area (Å²) in [6.45, 7) is 5.78. The maximum atomic E-state index is 5.33. The van der Waals surface area contributed by atoms with Crippen molar-refractivity contribution in [1.82, 2.24) is 5.32 Å². The quantitative estimate of drug-likeness (QED) is 0.774. The van der Waals surface area contributed by atoms with Crippen molar-refractivity contribution in [2.24, 2.45) is 0 Å². The molecule has 0 aliphatic carbocycles. The number of rotatable bonds is 7. The molecule has 0 saturated heterocycles. The van der Waals surface area contributed by atoms with Gasteiger partial charge in [0.05, 0.1) is 0 Å². The Morgan fingerprint density at radius 3 is 2.94 bits per heavy atom. The lowest BCUT2D eigenvalue weighted by atomic mass is 10.2. The minimum Gasteiger partial charge on any atom is -0.454 e. The number of nitrogens with one attached hydrogen (secondary N) is 1. The molecule has 1 heterocycles. The van der Waals surface area contributed by atoms with Crippen LogP contribution in [0.2, 0.25) is 0 Å². The summed E-state index contributed by atoms with van der Waals surface area (Å²) in [5, 5.41) is 3.38. The molecule has 0 saturated carbocycles. The third-order valence-corrected chi connectivity index (χ3v) is 2.61. The van der Waals surface area contributed by atoms with Gasteiger partial charge >= 0.3 is 0 Å². The average molecular weight is 274 g/mol. The third-order valence-electron chi connectivity index (χ3n) is 2.61. The zero-order valence-corrected chi connectivity index (χ0v) is 11.4. The van der Waals surface area contributed by atoms with E-state index in [1.807, 2.05) is 19.1 Å². The van der Waals surface area contributed by atoms with Crippen molar-refractivity contribution >= 4 is 12.4 Å². The molecule has 0 fully saturated rings. The van der Waals surface area contributed by atoms with Gasteiger partial charge in [0.2, 0.25) is 6.79 Å². The van der Waals surface area contributed by atoms with Gasteiger partial charge in [-0.25, -0.2) is 0 Å². The van der Waals surface area contributed by atoms with Crippen LogP contribution >= 0.6 is 12.4 Å². The van der Waals surface area contributed by atoms with Crippen molar-refractivity contribution in [2.45, 2.75) is 19.9 Å². The topological polar surface area (TPSA) is 39.7 Å². The molecule has 4 nitrogen and oxygen atoms in total. The molecule has 18 heavy (non-hydrogen) atoms. The van der Waals surface area contributed by atoms with E-state index in [-0.39, 0.29) is 12.4 Å². The molecule has 0 spiro atoms. The van der Waals surface area contributed by atoms with Crippen molar-refractivity contribution in [2.75, 3.05) is 26.6 Å². The predicted octanol–water partition coefficient (Wildman–Crippen LogP) is 2.35. The molecule has 0 amide bonds. The summed E-state index contributed by atoms with van der Waals surface area (Å²) >= 11 is 0. The van der Waals surface area contributed by atoms with Gasteiger partial charge in [-0.1, -0.05) is 6.07 Å².